The van der Waals surface area contributed by atoms with Gasteiger partial charge in [0.25, 0.3) is 16.0 Å². The SMILES string of the molecule is CS(=O)(=O)ON(C(=N)N)C(=O)C(Cc1ccccc1Cl)c1cccnc1. The van der Waals surface area contributed by atoms with Crippen LogP contribution in [0.4, 0.5) is 0 Å². The molecule has 8 nitrogen and oxygen atoms in total. The fourth-order valence-electron chi connectivity index (χ4n) is 2.29. The second-order valence-electron chi connectivity index (χ2n) is 5.43. The van der Waals surface area contributed by atoms with E-state index >= 15 is 0 Å². The van der Waals surface area contributed by atoms with Crippen LogP contribution in [0.1, 0.15) is 17.0 Å². The molecule has 0 fully saturated rings. The molecule has 2 rings (SSSR count). The predicted molar refractivity (Wildman–Crippen MR) is 96.8 cm³/mol. The highest BCUT2D eigenvalue weighted by molar-refractivity contribution is 7.85. The van der Waals surface area contributed by atoms with Crippen LogP contribution >= 0.6 is 11.6 Å². The molecule has 10 heteroatoms. The van der Waals surface area contributed by atoms with Crippen molar-refractivity contribution in [3.8, 4) is 0 Å². The summed E-state index contributed by atoms with van der Waals surface area (Å²) in [5.41, 5.74) is 6.51. The Hall–Kier alpha value is -2.49. The third kappa shape index (κ3) is 5.25. The van der Waals surface area contributed by atoms with Gasteiger partial charge in [-0.05, 0) is 29.7 Å². The van der Waals surface area contributed by atoms with Gasteiger partial charge in [0, 0.05) is 17.4 Å². The number of benzene rings is 1. The molecule has 1 atom stereocenters. The molecule has 1 aromatic heterocycles. The van der Waals surface area contributed by atoms with Crippen LogP contribution in [0.25, 0.3) is 0 Å². The van der Waals surface area contributed by atoms with Crippen LogP contribution in [0.2, 0.25) is 5.02 Å². The van der Waals surface area contributed by atoms with E-state index in [1.165, 1.54) is 12.4 Å². The van der Waals surface area contributed by atoms with Gasteiger partial charge < -0.3 is 5.73 Å². The first-order valence-corrected chi connectivity index (χ1v) is 9.59. The molecule has 1 aromatic carbocycles. The number of halogens is 1. The Balaban J connectivity index is 2.44. The van der Waals surface area contributed by atoms with Crippen LogP contribution in [0.15, 0.2) is 48.8 Å². The van der Waals surface area contributed by atoms with Gasteiger partial charge in [0.2, 0.25) is 5.96 Å². The Kier molecular flexibility index (Phi) is 6.30. The van der Waals surface area contributed by atoms with E-state index in [1.807, 2.05) is 0 Å². The summed E-state index contributed by atoms with van der Waals surface area (Å²) in [6, 6.07) is 10.2. The molecule has 1 amide bonds. The molecule has 3 N–H and O–H groups in total. The number of pyridine rings is 1. The van der Waals surface area contributed by atoms with Gasteiger partial charge in [-0.15, -0.1) is 9.35 Å². The van der Waals surface area contributed by atoms with Crippen molar-refractivity contribution in [3.63, 3.8) is 0 Å². The molecule has 1 heterocycles. The summed E-state index contributed by atoms with van der Waals surface area (Å²) < 4.78 is 27.4. The summed E-state index contributed by atoms with van der Waals surface area (Å²) >= 11 is 6.17. The van der Waals surface area contributed by atoms with Crippen molar-refractivity contribution in [2.24, 2.45) is 5.73 Å². The van der Waals surface area contributed by atoms with E-state index in [-0.39, 0.29) is 11.5 Å². The monoisotopic (exact) mass is 396 g/mol. The molecule has 0 saturated carbocycles. The highest BCUT2D eigenvalue weighted by Crippen LogP contribution is 2.27. The van der Waals surface area contributed by atoms with Crippen molar-refractivity contribution in [1.29, 1.82) is 5.41 Å². The Morgan fingerprint density at radius 2 is 2.04 bits per heavy atom. The second-order valence-corrected chi connectivity index (χ2v) is 7.40. The number of carbonyl (C=O) groups is 1. The molecule has 0 saturated heterocycles. The number of nitrogens with two attached hydrogens (primary N) is 1. The molecule has 0 radical (unpaired) electrons. The highest BCUT2D eigenvalue weighted by Gasteiger charge is 2.32. The number of hydrogen-bond donors (Lipinski definition) is 2. The fraction of sp³-hybridized carbons (Fsp3) is 0.188. The third-order valence-electron chi connectivity index (χ3n) is 3.40. The number of carbonyl (C=O) groups excluding carboxylic acids is 1. The molecular formula is C16H17ClN4O4S. The quantitative estimate of drug-likeness (QED) is 0.434. The number of aromatic nitrogens is 1. The topological polar surface area (TPSA) is 126 Å². The zero-order valence-corrected chi connectivity index (χ0v) is 15.4. The average molecular weight is 397 g/mol. The van der Waals surface area contributed by atoms with Crippen molar-refractivity contribution >= 4 is 33.6 Å². The smallest absolute Gasteiger partial charge is 0.285 e. The van der Waals surface area contributed by atoms with Gasteiger partial charge in [-0.25, -0.2) is 0 Å². The first kappa shape index (κ1) is 19.8. The molecule has 26 heavy (non-hydrogen) atoms. The molecule has 1 unspecified atom stereocenters. The van der Waals surface area contributed by atoms with E-state index in [1.54, 1.807) is 36.4 Å². The lowest BCUT2D eigenvalue weighted by molar-refractivity contribution is -0.145. The summed E-state index contributed by atoms with van der Waals surface area (Å²) in [6.07, 6.45) is 3.90. The molecule has 2 aromatic rings. The van der Waals surface area contributed by atoms with E-state index in [0.717, 1.165) is 6.26 Å². The van der Waals surface area contributed by atoms with Gasteiger partial charge in [0.05, 0.1) is 12.2 Å². The van der Waals surface area contributed by atoms with E-state index in [2.05, 4.69) is 9.27 Å². The summed E-state index contributed by atoms with van der Waals surface area (Å²) in [7, 11) is -4.07. The largest absolute Gasteiger partial charge is 0.368 e. The Morgan fingerprint density at radius 1 is 1.35 bits per heavy atom. The summed E-state index contributed by atoms with van der Waals surface area (Å²) in [5, 5.41) is 8.20. The average Bonchev–Trinajstić information content (AvgIpc) is 2.58. The molecule has 0 aliphatic heterocycles. The minimum absolute atomic E-state index is 0.140. The lowest BCUT2D eigenvalue weighted by Crippen LogP contribution is -2.45. The maximum Gasteiger partial charge on any atom is 0.285 e. The first-order valence-electron chi connectivity index (χ1n) is 7.40. The predicted octanol–water partition coefficient (Wildman–Crippen LogP) is 1.67. The number of hydrogen-bond acceptors (Lipinski definition) is 6. The molecule has 0 bridgehead atoms. The van der Waals surface area contributed by atoms with Gasteiger partial charge in [-0.2, -0.15) is 8.42 Å². The van der Waals surface area contributed by atoms with Crippen molar-refractivity contribution < 1.29 is 17.5 Å². The van der Waals surface area contributed by atoms with Crippen LogP contribution < -0.4 is 5.73 Å². The van der Waals surface area contributed by atoms with Crippen molar-refractivity contribution in [2.45, 2.75) is 12.3 Å². The Bertz CT molecular complexity index is 905. The molecule has 0 aliphatic carbocycles. The van der Waals surface area contributed by atoms with Gasteiger partial charge in [0.1, 0.15) is 0 Å². The molecule has 0 spiro atoms. The molecule has 138 valence electrons. The van der Waals surface area contributed by atoms with Crippen LogP contribution in [0.5, 0.6) is 0 Å². The van der Waals surface area contributed by atoms with Crippen LogP contribution in [0, 0.1) is 5.41 Å². The molecular weight excluding hydrogens is 380 g/mol. The second kappa shape index (κ2) is 8.26. The zero-order valence-electron chi connectivity index (χ0n) is 13.8. The molecule has 0 aliphatic rings. The summed E-state index contributed by atoms with van der Waals surface area (Å²) in [5.74, 6) is -2.58. The van der Waals surface area contributed by atoms with Gasteiger partial charge in [-0.1, -0.05) is 35.9 Å². The third-order valence-corrected chi connectivity index (χ3v) is 4.18. The van der Waals surface area contributed by atoms with E-state index in [9.17, 15) is 13.2 Å². The normalized spacial score (nSPS) is 12.4. The van der Waals surface area contributed by atoms with E-state index in [4.69, 9.17) is 22.7 Å². The lowest BCUT2D eigenvalue weighted by Gasteiger charge is -2.24. The number of hydroxylamine groups is 2. The van der Waals surface area contributed by atoms with Gasteiger partial charge in [0.15, 0.2) is 0 Å². The summed E-state index contributed by atoms with van der Waals surface area (Å²) in [4.78, 5) is 16.9. The van der Waals surface area contributed by atoms with Crippen molar-refractivity contribution in [1.82, 2.24) is 10.0 Å². The first-order chi connectivity index (χ1) is 12.2. The minimum Gasteiger partial charge on any atom is -0.368 e. The standard InChI is InChI=1S/C16H17ClN4O4S/c1-26(23,24)25-21(16(18)19)15(22)13(12-6-4-8-20-10-12)9-11-5-2-3-7-14(11)17/h2-8,10,13H,9H2,1H3,(H3,18,19). The number of guanidine groups is 1. The van der Waals surface area contributed by atoms with E-state index < -0.39 is 27.9 Å². The maximum absolute atomic E-state index is 12.9. The number of nitrogens with one attached hydrogen (secondary N) is 1. The minimum atomic E-state index is -4.07. The van der Waals surface area contributed by atoms with Crippen LogP contribution in [0.3, 0.4) is 0 Å². The number of nitrogens with zero attached hydrogens (tertiary/aromatic N) is 2. The van der Waals surface area contributed by atoms with Crippen molar-refractivity contribution in [3.05, 3.63) is 64.9 Å². The van der Waals surface area contributed by atoms with E-state index in [0.29, 0.717) is 16.1 Å². The number of rotatable bonds is 6. The van der Waals surface area contributed by atoms with Gasteiger partial charge in [-0.3, -0.25) is 15.2 Å². The van der Waals surface area contributed by atoms with Crippen LogP contribution in [-0.2, 0) is 25.6 Å². The van der Waals surface area contributed by atoms with Gasteiger partial charge >= 0.3 is 0 Å². The Labute approximate surface area is 156 Å². The summed E-state index contributed by atoms with van der Waals surface area (Å²) in [6.45, 7) is 0. The fourth-order valence-corrected chi connectivity index (χ4v) is 2.92. The van der Waals surface area contributed by atoms with Crippen LogP contribution in [-0.4, -0.2) is 36.6 Å². The Morgan fingerprint density at radius 3 is 2.58 bits per heavy atom. The number of amides is 1. The zero-order chi connectivity index (χ0) is 19.3. The van der Waals surface area contributed by atoms with Crippen molar-refractivity contribution in [2.75, 3.05) is 6.26 Å². The maximum atomic E-state index is 12.9. The highest BCUT2D eigenvalue weighted by atomic mass is 35.5. The lowest BCUT2D eigenvalue weighted by atomic mass is 9.92.